The normalized spacial score (nSPS) is 13.7. The van der Waals surface area contributed by atoms with E-state index in [9.17, 15) is 13.9 Å². The second kappa shape index (κ2) is 7.82. The van der Waals surface area contributed by atoms with Crippen molar-refractivity contribution >= 4 is 0 Å². The van der Waals surface area contributed by atoms with Gasteiger partial charge in [0.2, 0.25) is 0 Å². The molecule has 3 nitrogen and oxygen atoms in total. The molecule has 2 N–H and O–H groups in total. The zero-order valence-electron chi connectivity index (χ0n) is 13.3. The Morgan fingerprint density at radius 3 is 2.24 bits per heavy atom. The van der Waals surface area contributed by atoms with Crippen LogP contribution in [0.15, 0.2) is 18.2 Å². The molecular weight excluding hydrogens is 274 g/mol. The molecule has 0 saturated heterocycles. The Morgan fingerprint density at radius 1 is 1.24 bits per heavy atom. The van der Waals surface area contributed by atoms with Crippen LogP contribution in [0.1, 0.15) is 38.8 Å². The van der Waals surface area contributed by atoms with Crippen molar-refractivity contribution in [1.29, 1.82) is 0 Å². The van der Waals surface area contributed by atoms with E-state index in [-0.39, 0.29) is 6.04 Å². The van der Waals surface area contributed by atoms with E-state index in [0.717, 1.165) is 19.2 Å². The summed E-state index contributed by atoms with van der Waals surface area (Å²) in [4.78, 5) is 2.12. The Hall–Kier alpha value is -1.04. The molecule has 0 radical (unpaired) electrons. The monoisotopic (exact) mass is 300 g/mol. The molecule has 0 aromatic heterocycles. The number of aliphatic hydroxyl groups is 1. The van der Waals surface area contributed by atoms with E-state index in [4.69, 9.17) is 0 Å². The van der Waals surface area contributed by atoms with Gasteiger partial charge in [0.15, 0.2) is 0 Å². The molecule has 0 saturated carbocycles. The van der Waals surface area contributed by atoms with Gasteiger partial charge in [-0.1, -0.05) is 6.92 Å². The largest absolute Gasteiger partial charge is 0.389 e. The summed E-state index contributed by atoms with van der Waals surface area (Å²) in [7, 11) is 1.78. The average Bonchev–Trinajstić information content (AvgIpc) is 2.35. The molecule has 0 aliphatic rings. The quantitative estimate of drug-likeness (QED) is 0.775. The third-order valence-corrected chi connectivity index (χ3v) is 3.43. The van der Waals surface area contributed by atoms with Crippen molar-refractivity contribution in [3.8, 4) is 0 Å². The van der Waals surface area contributed by atoms with E-state index in [1.165, 1.54) is 12.1 Å². The smallest absolute Gasteiger partial charge is 0.126 e. The molecule has 1 aromatic rings. The summed E-state index contributed by atoms with van der Waals surface area (Å²) < 4.78 is 26.6. The van der Waals surface area contributed by atoms with Crippen LogP contribution < -0.4 is 5.32 Å². The molecule has 0 aliphatic carbocycles. The van der Waals surface area contributed by atoms with Gasteiger partial charge in [0.1, 0.15) is 11.6 Å². The molecule has 1 aromatic carbocycles. The van der Waals surface area contributed by atoms with E-state index >= 15 is 0 Å². The lowest BCUT2D eigenvalue weighted by molar-refractivity contribution is 0.0367. The van der Waals surface area contributed by atoms with E-state index in [2.05, 4.69) is 10.2 Å². The van der Waals surface area contributed by atoms with Crippen LogP contribution in [0.3, 0.4) is 0 Å². The lowest BCUT2D eigenvalue weighted by Crippen LogP contribution is -2.39. The summed E-state index contributed by atoms with van der Waals surface area (Å²) in [6, 6.07) is 3.47. The van der Waals surface area contributed by atoms with Gasteiger partial charge in [-0.3, -0.25) is 0 Å². The minimum absolute atomic E-state index is 0.119. The molecule has 1 rings (SSSR count). The molecule has 0 aliphatic heterocycles. The molecule has 0 spiro atoms. The number of halogens is 2. The van der Waals surface area contributed by atoms with Gasteiger partial charge >= 0.3 is 0 Å². The highest BCUT2D eigenvalue weighted by Gasteiger charge is 2.19. The van der Waals surface area contributed by atoms with Crippen molar-refractivity contribution in [1.82, 2.24) is 10.2 Å². The maximum Gasteiger partial charge on any atom is 0.126 e. The molecule has 1 unspecified atom stereocenters. The van der Waals surface area contributed by atoms with Gasteiger partial charge in [0.25, 0.3) is 0 Å². The maximum atomic E-state index is 13.3. The first-order chi connectivity index (χ1) is 9.75. The highest BCUT2D eigenvalue weighted by Crippen LogP contribution is 2.20. The fourth-order valence-corrected chi connectivity index (χ4v) is 2.46. The lowest BCUT2D eigenvalue weighted by atomic mass is 10.0. The van der Waals surface area contributed by atoms with E-state index in [1.54, 1.807) is 20.9 Å². The lowest BCUT2D eigenvalue weighted by Gasteiger charge is -2.29. The van der Waals surface area contributed by atoms with Crippen LogP contribution in [0.5, 0.6) is 0 Å². The van der Waals surface area contributed by atoms with E-state index in [1.807, 2.05) is 6.92 Å². The van der Waals surface area contributed by atoms with Crippen molar-refractivity contribution in [2.75, 3.05) is 26.7 Å². The third kappa shape index (κ3) is 6.50. The third-order valence-electron chi connectivity index (χ3n) is 3.43. The predicted octanol–water partition coefficient (Wildman–Crippen LogP) is 2.71. The number of hydrogen-bond donors (Lipinski definition) is 2. The molecule has 0 bridgehead atoms. The Kier molecular flexibility index (Phi) is 6.71. The van der Waals surface area contributed by atoms with E-state index in [0.29, 0.717) is 18.5 Å². The van der Waals surface area contributed by atoms with Gasteiger partial charge in [0, 0.05) is 25.2 Å². The fourth-order valence-electron chi connectivity index (χ4n) is 2.46. The summed E-state index contributed by atoms with van der Waals surface area (Å²) in [6.07, 6.45) is 0.712. The Labute approximate surface area is 126 Å². The number of hydrogen-bond acceptors (Lipinski definition) is 3. The van der Waals surface area contributed by atoms with Crippen LogP contribution in [-0.4, -0.2) is 42.3 Å². The van der Waals surface area contributed by atoms with Gasteiger partial charge in [-0.05, 0) is 51.6 Å². The number of likely N-dealkylation sites (N-methyl/N-ethyl adjacent to an activating group) is 1. The zero-order valence-corrected chi connectivity index (χ0v) is 13.3. The topological polar surface area (TPSA) is 35.5 Å². The second-order valence-corrected chi connectivity index (χ2v) is 6.01. The highest BCUT2D eigenvalue weighted by molar-refractivity contribution is 5.21. The molecule has 1 atom stereocenters. The summed E-state index contributed by atoms with van der Waals surface area (Å²) in [5.74, 6) is -1.12. The van der Waals surface area contributed by atoms with Crippen LogP contribution in [0.2, 0.25) is 0 Å². The molecular formula is C16H26F2N2O. The molecule has 0 amide bonds. The standard InChI is InChI=1S/C16H26F2N2O/c1-5-20(11-16(2,3)21)7-6-15(19-4)12-8-13(17)10-14(18)9-12/h8-10,15,19,21H,5-7,11H2,1-4H3. The van der Waals surface area contributed by atoms with Crippen molar-refractivity contribution in [2.24, 2.45) is 0 Å². The summed E-state index contributed by atoms with van der Waals surface area (Å²) in [6.45, 7) is 7.70. The minimum Gasteiger partial charge on any atom is -0.389 e. The van der Waals surface area contributed by atoms with Crippen LogP contribution in [0.4, 0.5) is 8.78 Å². The van der Waals surface area contributed by atoms with Gasteiger partial charge < -0.3 is 15.3 Å². The number of benzene rings is 1. The summed E-state index contributed by atoms with van der Waals surface area (Å²) in [5.41, 5.74) is -0.148. The van der Waals surface area contributed by atoms with Crippen LogP contribution in [-0.2, 0) is 0 Å². The van der Waals surface area contributed by atoms with Crippen molar-refractivity contribution in [2.45, 2.75) is 38.8 Å². The Bertz CT molecular complexity index is 426. The SMILES string of the molecule is CCN(CCC(NC)c1cc(F)cc(F)c1)CC(C)(C)O. The maximum absolute atomic E-state index is 13.3. The van der Waals surface area contributed by atoms with Crippen molar-refractivity contribution in [3.05, 3.63) is 35.4 Å². The van der Waals surface area contributed by atoms with Gasteiger partial charge in [-0.2, -0.15) is 0 Å². The highest BCUT2D eigenvalue weighted by atomic mass is 19.1. The van der Waals surface area contributed by atoms with Gasteiger partial charge in [-0.25, -0.2) is 8.78 Å². The first-order valence-electron chi connectivity index (χ1n) is 7.33. The summed E-state index contributed by atoms with van der Waals surface area (Å²) >= 11 is 0. The molecule has 120 valence electrons. The number of nitrogens with one attached hydrogen (secondary N) is 1. The molecule has 5 heteroatoms. The van der Waals surface area contributed by atoms with Crippen LogP contribution in [0, 0.1) is 11.6 Å². The first kappa shape index (κ1) is 18.0. The Morgan fingerprint density at radius 2 is 1.81 bits per heavy atom. The molecule has 0 heterocycles. The average molecular weight is 300 g/mol. The fraction of sp³-hybridized carbons (Fsp3) is 0.625. The van der Waals surface area contributed by atoms with Gasteiger partial charge in [0.05, 0.1) is 5.60 Å². The molecule has 21 heavy (non-hydrogen) atoms. The zero-order chi connectivity index (χ0) is 16.0. The van der Waals surface area contributed by atoms with Crippen LogP contribution in [0.25, 0.3) is 0 Å². The van der Waals surface area contributed by atoms with Crippen molar-refractivity contribution < 1.29 is 13.9 Å². The number of rotatable bonds is 8. The predicted molar refractivity (Wildman–Crippen MR) is 81.2 cm³/mol. The Balaban J connectivity index is 2.69. The van der Waals surface area contributed by atoms with Crippen molar-refractivity contribution in [3.63, 3.8) is 0 Å². The molecule has 0 fully saturated rings. The van der Waals surface area contributed by atoms with Gasteiger partial charge in [-0.15, -0.1) is 0 Å². The summed E-state index contributed by atoms with van der Waals surface area (Å²) in [5, 5.41) is 13.0. The first-order valence-corrected chi connectivity index (χ1v) is 7.33. The van der Waals surface area contributed by atoms with E-state index < -0.39 is 17.2 Å². The second-order valence-electron chi connectivity index (χ2n) is 6.01. The van der Waals surface area contributed by atoms with Crippen LogP contribution >= 0.6 is 0 Å². The minimum atomic E-state index is -0.754. The number of nitrogens with zero attached hydrogens (tertiary/aromatic N) is 1.